The topological polar surface area (TPSA) is 101 Å². The molecule has 1 aliphatic rings. The van der Waals surface area contributed by atoms with Crippen LogP contribution in [0.1, 0.15) is 12.0 Å². The minimum Gasteiger partial charge on any atom is -0.490 e. The monoisotopic (exact) mass is 443 g/mol. The number of nitrogens with zero attached hydrogens (tertiary/aromatic N) is 1. The molecule has 0 aliphatic carbocycles. The molecule has 31 heavy (non-hydrogen) atoms. The number of para-hydroxylation sites is 1. The molecule has 164 valence electrons. The number of carbonyl (C=O) groups excluding carboxylic acids is 1. The zero-order valence-electron chi connectivity index (χ0n) is 17.3. The van der Waals surface area contributed by atoms with Gasteiger partial charge >= 0.3 is 0 Å². The summed E-state index contributed by atoms with van der Waals surface area (Å²) in [7, 11) is -2.46. The molecule has 2 N–H and O–H groups in total. The summed E-state index contributed by atoms with van der Waals surface area (Å²) in [6.45, 7) is 1.13. The molecule has 0 atom stereocenters. The maximum Gasteiger partial charge on any atom is 0.243 e. The van der Waals surface area contributed by atoms with Gasteiger partial charge in [-0.3, -0.25) is 4.79 Å². The molecule has 1 aliphatic heterocycles. The first-order chi connectivity index (χ1) is 14.9. The fraction of sp³-hybridized carbons (Fsp3) is 0.318. The minimum absolute atomic E-state index is 0.0610. The number of sulfonamides is 1. The Kier molecular flexibility index (Phi) is 6.15. The standard InChI is InChI=1S/C22H25N3O5S/c1-25(31(27,28)17-7-8-20-21(13-17)30-12-4-11-29-20)15-22(26)23-10-9-16-14-24-19-6-3-2-5-18(16)19/h2-3,5-8,13-14,24H,4,9-12,15H2,1H3,(H,23,26). The van der Waals surface area contributed by atoms with Crippen LogP contribution in [0.2, 0.25) is 0 Å². The summed E-state index contributed by atoms with van der Waals surface area (Å²) in [4.78, 5) is 15.6. The molecule has 0 radical (unpaired) electrons. The Hall–Kier alpha value is -3.04. The first-order valence-corrected chi connectivity index (χ1v) is 11.6. The van der Waals surface area contributed by atoms with Crippen LogP contribution in [-0.4, -0.2) is 57.0 Å². The molecule has 0 unspecified atom stereocenters. The van der Waals surface area contributed by atoms with Crippen molar-refractivity contribution >= 4 is 26.8 Å². The van der Waals surface area contributed by atoms with Gasteiger partial charge in [-0.05, 0) is 30.2 Å². The molecule has 8 nitrogen and oxygen atoms in total. The zero-order chi connectivity index (χ0) is 21.8. The van der Waals surface area contributed by atoms with Crippen LogP contribution in [0, 0.1) is 0 Å². The molecule has 2 aromatic carbocycles. The predicted octanol–water partition coefficient (Wildman–Crippen LogP) is 2.31. The van der Waals surface area contributed by atoms with Gasteiger partial charge in [-0.25, -0.2) is 8.42 Å². The lowest BCUT2D eigenvalue weighted by atomic mass is 10.1. The molecule has 4 rings (SSSR count). The summed E-state index contributed by atoms with van der Waals surface area (Å²) < 4.78 is 37.9. The van der Waals surface area contributed by atoms with Crippen LogP contribution in [0.15, 0.2) is 53.6 Å². The highest BCUT2D eigenvalue weighted by Gasteiger charge is 2.25. The summed E-state index contributed by atoms with van der Waals surface area (Å²) in [6.07, 6.45) is 3.31. The van der Waals surface area contributed by atoms with E-state index in [4.69, 9.17) is 9.47 Å². The van der Waals surface area contributed by atoms with E-state index in [1.165, 1.54) is 19.2 Å². The van der Waals surface area contributed by atoms with Gasteiger partial charge in [0.25, 0.3) is 0 Å². The summed E-state index contributed by atoms with van der Waals surface area (Å²) in [5, 5.41) is 3.91. The second-order valence-corrected chi connectivity index (χ2v) is 9.42. The van der Waals surface area contributed by atoms with E-state index < -0.39 is 10.0 Å². The van der Waals surface area contributed by atoms with Crippen LogP contribution in [0.5, 0.6) is 11.5 Å². The van der Waals surface area contributed by atoms with Gasteiger partial charge in [-0.15, -0.1) is 0 Å². The van der Waals surface area contributed by atoms with E-state index in [1.54, 1.807) is 6.07 Å². The molecule has 9 heteroatoms. The molecule has 1 amide bonds. The van der Waals surface area contributed by atoms with Gasteiger partial charge in [0, 0.05) is 43.2 Å². The van der Waals surface area contributed by atoms with Crippen LogP contribution in [0.25, 0.3) is 10.9 Å². The third-order valence-corrected chi connectivity index (χ3v) is 6.98. The third-order valence-electron chi connectivity index (χ3n) is 5.18. The summed E-state index contributed by atoms with van der Waals surface area (Å²) in [5.41, 5.74) is 2.15. The van der Waals surface area contributed by atoms with Crippen molar-refractivity contribution < 1.29 is 22.7 Å². The Morgan fingerprint density at radius 1 is 1.13 bits per heavy atom. The number of H-pyrrole nitrogens is 1. The highest BCUT2D eigenvalue weighted by atomic mass is 32.2. The average Bonchev–Trinajstić information content (AvgIpc) is 3.01. The third kappa shape index (κ3) is 4.67. The smallest absolute Gasteiger partial charge is 0.243 e. The first kappa shape index (κ1) is 21.2. The Balaban J connectivity index is 1.35. The highest BCUT2D eigenvalue weighted by molar-refractivity contribution is 7.89. The lowest BCUT2D eigenvalue weighted by Gasteiger charge is -2.18. The van der Waals surface area contributed by atoms with Crippen molar-refractivity contribution in [2.75, 3.05) is 33.4 Å². The number of aromatic amines is 1. The van der Waals surface area contributed by atoms with Gasteiger partial charge in [0.15, 0.2) is 11.5 Å². The van der Waals surface area contributed by atoms with Crippen molar-refractivity contribution in [3.63, 3.8) is 0 Å². The van der Waals surface area contributed by atoms with Gasteiger partial charge in [0.1, 0.15) is 0 Å². The van der Waals surface area contributed by atoms with E-state index in [0.717, 1.165) is 27.2 Å². The Bertz CT molecular complexity index is 1190. The van der Waals surface area contributed by atoms with Crippen molar-refractivity contribution in [2.45, 2.75) is 17.7 Å². The molecular formula is C22H25N3O5S. The van der Waals surface area contributed by atoms with Crippen LogP contribution >= 0.6 is 0 Å². The number of amides is 1. The Labute approximate surface area is 181 Å². The van der Waals surface area contributed by atoms with Crippen LogP contribution < -0.4 is 14.8 Å². The maximum atomic E-state index is 12.9. The number of ether oxygens (including phenoxy) is 2. The molecule has 0 saturated heterocycles. The normalized spacial score (nSPS) is 13.9. The Morgan fingerprint density at radius 3 is 2.74 bits per heavy atom. The van der Waals surface area contributed by atoms with Crippen molar-refractivity contribution in [2.24, 2.45) is 0 Å². The second-order valence-electron chi connectivity index (χ2n) is 7.38. The van der Waals surface area contributed by atoms with Crippen LogP contribution in [0.4, 0.5) is 0 Å². The zero-order valence-corrected chi connectivity index (χ0v) is 18.1. The van der Waals surface area contributed by atoms with Crippen LogP contribution in [-0.2, 0) is 21.2 Å². The lowest BCUT2D eigenvalue weighted by Crippen LogP contribution is -2.39. The molecule has 0 fully saturated rings. The fourth-order valence-electron chi connectivity index (χ4n) is 3.50. The highest BCUT2D eigenvalue weighted by Crippen LogP contribution is 2.32. The van der Waals surface area contributed by atoms with Gasteiger partial charge in [-0.1, -0.05) is 18.2 Å². The number of fused-ring (bicyclic) bond motifs is 2. The maximum absolute atomic E-state index is 12.9. The van der Waals surface area contributed by atoms with E-state index in [1.807, 2.05) is 30.5 Å². The molecule has 0 saturated carbocycles. The predicted molar refractivity (Wildman–Crippen MR) is 117 cm³/mol. The number of nitrogens with one attached hydrogen (secondary N) is 2. The van der Waals surface area contributed by atoms with Crippen molar-refractivity contribution in [3.8, 4) is 11.5 Å². The number of aromatic nitrogens is 1. The van der Waals surface area contributed by atoms with Gasteiger partial charge in [-0.2, -0.15) is 4.31 Å². The second kappa shape index (κ2) is 8.99. The number of rotatable bonds is 7. The number of benzene rings is 2. The average molecular weight is 444 g/mol. The molecule has 2 heterocycles. The number of carbonyl (C=O) groups is 1. The van der Waals surface area contributed by atoms with Gasteiger partial charge in [0.05, 0.1) is 24.7 Å². The van der Waals surface area contributed by atoms with Crippen LogP contribution in [0.3, 0.4) is 0 Å². The van der Waals surface area contributed by atoms with E-state index in [9.17, 15) is 13.2 Å². The molecule has 3 aromatic rings. The van der Waals surface area contributed by atoms with E-state index in [0.29, 0.717) is 37.7 Å². The molecule has 0 bridgehead atoms. The van der Waals surface area contributed by atoms with Crippen molar-refractivity contribution in [3.05, 3.63) is 54.2 Å². The SMILES string of the molecule is CN(CC(=O)NCCc1c[nH]c2ccccc12)S(=O)(=O)c1ccc2c(c1)OCCCO2. The fourth-order valence-corrected chi connectivity index (χ4v) is 4.65. The largest absolute Gasteiger partial charge is 0.490 e. The van der Waals surface area contributed by atoms with Gasteiger partial charge in [0.2, 0.25) is 15.9 Å². The summed E-state index contributed by atoms with van der Waals surface area (Å²) in [5.74, 6) is 0.560. The first-order valence-electron chi connectivity index (χ1n) is 10.1. The lowest BCUT2D eigenvalue weighted by molar-refractivity contribution is -0.121. The molecule has 1 aromatic heterocycles. The summed E-state index contributed by atoms with van der Waals surface area (Å²) in [6, 6.07) is 12.5. The number of hydrogen-bond donors (Lipinski definition) is 2. The molecular weight excluding hydrogens is 418 g/mol. The van der Waals surface area contributed by atoms with E-state index in [2.05, 4.69) is 10.3 Å². The number of hydrogen-bond acceptors (Lipinski definition) is 5. The van der Waals surface area contributed by atoms with Gasteiger partial charge < -0.3 is 19.8 Å². The van der Waals surface area contributed by atoms with Crippen molar-refractivity contribution in [1.29, 1.82) is 0 Å². The number of likely N-dealkylation sites (N-methyl/N-ethyl adjacent to an activating group) is 1. The molecule has 0 spiro atoms. The van der Waals surface area contributed by atoms with Crippen molar-refractivity contribution in [1.82, 2.24) is 14.6 Å². The quantitative estimate of drug-likeness (QED) is 0.584. The minimum atomic E-state index is -3.84. The summed E-state index contributed by atoms with van der Waals surface area (Å²) >= 11 is 0. The van der Waals surface area contributed by atoms with E-state index in [-0.39, 0.29) is 17.3 Å². The van der Waals surface area contributed by atoms with E-state index >= 15 is 0 Å². The Morgan fingerprint density at radius 2 is 1.90 bits per heavy atom.